The molecule has 2 aliphatic carbocycles. The number of Topliss-reactive ketones (excluding diaryl/α,β-unsaturated/α-hetero) is 1. The Morgan fingerprint density at radius 2 is 1.52 bits per heavy atom. The van der Waals surface area contributed by atoms with E-state index in [4.69, 9.17) is 0 Å². The molecule has 0 heterocycles. The number of hydrogen-bond acceptors (Lipinski definition) is 2. The van der Waals surface area contributed by atoms with Crippen LogP contribution in [0.5, 0.6) is 0 Å². The minimum Gasteiger partial charge on any atom is -0.304 e. The van der Waals surface area contributed by atoms with E-state index in [1.54, 1.807) is 0 Å². The molecule has 2 bridgehead atoms. The zero-order valence-electron chi connectivity index (χ0n) is 15.9. The molecule has 0 aromatic heterocycles. The molecule has 2 heteroatoms. The molecular weight excluding hydrogens is 282 g/mol. The molecule has 0 radical (unpaired) electrons. The summed E-state index contributed by atoms with van der Waals surface area (Å²) in [5, 5.41) is 3.70. The van der Waals surface area contributed by atoms with Crippen LogP contribution in [0.4, 0.5) is 0 Å². The first-order valence-corrected chi connectivity index (χ1v) is 10.3. The molecule has 0 aromatic carbocycles. The van der Waals surface area contributed by atoms with Crippen LogP contribution in [0.2, 0.25) is 0 Å². The summed E-state index contributed by atoms with van der Waals surface area (Å²) in [6, 6.07) is 0. The zero-order chi connectivity index (χ0) is 16.8. The Kier molecular flexibility index (Phi) is 7.13. The average molecular weight is 322 g/mol. The molecule has 23 heavy (non-hydrogen) atoms. The molecule has 0 saturated heterocycles. The lowest BCUT2D eigenvalue weighted by molar-refractivity contribution is -0.125. The molecule has 134 valence electrons. The van der Waals surface area contributed by atoms with Gasteiger partial charge in [-0.05, 0) is 37.1 Å². The maximum absolute atomic E-state index is 12.4. The predicted molar refractivity (Wildman–Crippen MR) is 98.7 cm³/mol. The molecule has 2 aliphatic rings. The highest BCUT2D eigenvalue weighted by atomic mass is 16.1. The number of carbonyl (C=O) groups excluding carboxylic acids is 1. The van der Waals surface area contributed by atoms with Gasteiger partial charge < -0.3 is 5.32 Å². The van der Waals surface area contributed by atoms with Crippen LogP contribution in [0.25, 0.3) is 0 Å². The molecule has 2 saturated carbocycles. The van der Waals surface area contributed by atoms with Crippen LogP contribution in [0.15, 0.2) is 0 Å². The van der Waals surface area contributed by atoms with Crippen LogP contribution in [-0.2, 0) is 4.79 Å². The lowest BCUT2D eigenvalue weighted by Crippen LogP contribution is -2.55. The Bertz CT molecular complexity index is 376. The van der Waals surface area contributed by atoms with Gasteiger partial charge >= 0.3 is 0 Å². The first kappa shape index (κ1) is 19.0. The van der Waals surface area contributed by atoms with E-state index in [9.17, 15) is 4.79 Å². The van der Waals surface area contributed by atoms with Gasteiger partial charge in [-0.3, -0.25) is 4.79 Å². The average Bonchev–Trinajstić information content (AvgIpc) is 2.87. The number of unbranched alkanes of at least 4 members (excludes halogenated alkanes) is 9. The largest absolute Gasteiger partial charge is 0.304 e. The van der Waals surface area contributed by atoms with Gasteiger partial charge in [0, 0.05) is 6.42 Å². The third-order valence-corrected chi connectivity index (χ3v) is 6.85. The summed E-state index contributed by atoms with van der Waals surface area (Å²) in [4.78, 5) is 12.4. The quantitative estimate of drug-likeness (QED) is 0.471. The van der Waals surface area contributed by atoms with E-state index < -0.39 is 0 Å². The van der Waals surface area contributed by atoms with Gasteiger partial charge in [0.2, 0.25) is 0 Å². The van der Waals surface area contributed by atoms with Crippen molar-refractivity contribution in [3.8, 4) is 0 Å². The standard InChI is InChI=1S/C21H39NO/c1-4-5-6-7-8-9-10-11-12-13-16-22-21-15-14-18(17-19(21)23)20(21,2)3/h18,22H,4-17H2,1-3H3/t18-,21-/m1/s1. The Balaban J connectivity index is 1.52. The Morgan fingerprint density at radius 1 is 0.957 bits per heavy atom. The number of fused-ring (bicyclic) bond motifs is 2. The van der Waals surface area contributed by atoms with Crippen LogP contribution in [0.1, 0.15) is 104 Å². The van der Waals surface area contributed by atoms with Crippen LogP contribution >= 0.6 is 0 Å². The number of hydrogen-bond donors (Lipinski definition) is 1. The second-order valence-corrected chi connectivity index (χ2v) is 8.60. The van der Waals surface area contributed by atoms with Gasteiger partial charge in [-0.2, -0.15) is 0 Å². The number of ketones is 1. The topological polar surface area (TPSA) is 29.1 Å². The molecule has 0 spiro atoms. The summed E-state index contributed by atoms with van der Waals surface area (Å²) in [5.74, 6) is 1.11. The molecule has 0 unspecified atom stereocenters. The van der Waals surface area contributed by atoms with Gasteiger partial charge in [0.25, 0.3) is 0 Å². The van der Waals surface area contributed by atoms with Crippen molar-refractivity contribution in [1.82, 2.24) is 5.32 Å². The fraction of sp³-hybridized carbons (Fsp3) is 0.952. The van der Waals surface area contributed by atoms with Gasteiger partial charge in [0.15, 0.2) is 5.78 Å². The third kappa shape index (κ3) is 4.18. The monoisotopic (exact) mass is 321 g/mol. The van der Waals surface area contributed by atoms with E-state index >= 15 is 0 Å². The second kappa shape index (κ2) is 8.65. The minimum atomic E-state index is -0.184. The van der Waals surface area contributed by atoms with Crippen molar-refractivity contribution in [3.05, 3.63) is 0 Å². The van der Waals surface area contributed by atoms with E-state index in [1.807, 2.05) is 0 Å². The maximum atomic E-state index is 12.4. The van der Waals surface area contributed by atoms with Gasteiger partial charge in [-0.25, -0.2) is 0 Å². The summed E-state index contributed by atoms with van der Waals surface area (Å²) in [5.41, 5.74) is -0.0144. The van der Waals surface area contributed by atoms with Crippen molar-refractivity contribution in [3.63, 3.8) is 0 Å². The summed E-state index contributed by atoms with van der Waals surface area (Å²) >= 11 is 0. The van der Waals surface area contributed by atoms with Crippen molar-refractivity contribution in [2.75, 3.05) is 6.54 Å². The molecule has 1 N–H and O–H groups in total. The summed E-state index contributed by atoms with van der Waals surface area (Å²) < 4.78 is 0. The zero-order valence-corrected chi connectivity index (χ0v) is 15.9. The summed E-state index contributed by atoms with van der Waals surface area (Å²) in [6.07, 6.45) is 16.9. The second-order valence-electron chi connectivity index (χ2n) is 8.60. The summed E-state index contributed by atoms with van der Waals surface area (Å²) in [6.45, 7) is 7.92. The highest BCUT2D eigenvalue weighted by Gasteiger charge is 2.63. The van der Waals surface area contributed by atoms with E-state index in [-0.39, 0.29) is 11.0 Å². The van der Waals surface area contributed by atoms with Crippen LogP contribution in [0.3, 0.4) is 0 Å². The van der Waals surface area contributed by atoms with E-state index in [0.29, 0.717) is 11.7 Å². The van der Waals surface area contributed by atoms with Gasteiger partial charge in [-0.15, -0.1) is 0 Å². The molecule has 0 aliphatic heterocycles. The molecule has 0 amide bonds. The van der Waals surface area contributed by atoms with Gasteiger partial charge in [-0.1, -0.05) is 78.6 Å². The van der Waals surface area contributed by atoms with Crippen molar-refractivity contribution >= 4 is 5.78 Å². The van der Waals surface area contributed by atoms with E-state index in [2.05, 4.69) is 26.1 Å². The van der Waals surface area contributed by atoms with Crippen LogP contribution < -0.4 is 5.32 Å². The maximum Gasteiger partial charge on any atom is 0.153 e. The lowest BCUT2D eigenvalue weighted by Gasteiger charge is -2.37. The van der Waals surface area contributed by atoms with E-state index in [1.165, 1.54) is 70.6 Å². The van der Waals surface area contributed by atoms with Crippen molar-refractivity contribution < 1.29 is 4.79 Å². The predicted octanol–water partition coefficient (Wildman–Crippen LogP) is 5.64. The normalized spacial score (nSPS) is 28.7. The summed E-state index contributed by atoms with van der Waals surface area (Å²) in [7, 11) is 0. The minimum absolute atomic E-state index is 0.169. The first-order valence-electron chi connectivity index (χ1n) is 10.3. The molecule has 2 atom stereocenters. The molecular formula is C21H39NO. The molecule has 0 aromatic rings. The van der Waals surface area contributed by atoms with E-state index in [0.717, 1.165) is 19.4 Å². The number of nitrogens with one attached hydrogen (secondary N) is 1. The fourth-order valence-electron chi connectivity index (χ4n) is 5.01. The SMILES string of the molecule is CCCCCCCCCCCCN[C@]12CC[C@H](CC1=O)C2(C)C. The molecule has 2 nitrogen and oxygen atoms in total. The Morgan fingerprint density at radius 3 is 2.00 bits per heavy atom. The van der Waals surface area contributed by atoms with Gasteiger partial charge in [0.05, 0.1) is 5.54 Å². The molecule has 2 rings (SSSR count). The Hall–Kier alpha value is -0.370. The third-order valence-electron chi connectivity index (χ3n) is 6.85. The lowest BCUT2D eigenvalue weighted by atomic mass is 9.76. The fourth-order valence-corrected chi connectivity index (χ4v) is 5.01. The van der Waals surface area contributed by atoms with Gasteiger partial charge in [0.1, 0.15) is 0 Å². The highest BCUT2D eigenvalue weighted by Crippen LogP contribution is 2.58. The van der Waals surface area contributed by atoms with Crippen molar-refractivity contribution in [2.45, 2.75) is 110 Å². The molecule has 2 fully saturated rings. The first-order chi connectivity index (χ1) is 11.0. The number of rotatable bonds is 12. The smallest absolute Gasteiger partial charge is 0.153 e. The Labute approximate surface area is 144 Å². The highest BCUT2D eigenvalue weighted by molar-refractivity contribution is 5.93. The number of carbonyl (C=O) groups is 1. The van der Waals surface area contributed by atoms with Crippen LogP contribution in [-0.4, -0.2) is 17.9 Å². The van der Waals surface area contributed by atoms with Crippen molar-refractivity contribution in [2.24, 2.45) is 11.3 Å². The van der Waals surface area contributed by atoms with Crippen LogP contribution in [0, 0.1) is 11.3 Å². The van der Waals surface area contributed by atoms with Crippen molar-refractivity contribution in [1.29, 1.82) is 0 Å².